The number of benzene rings is 2. The van der Waals surface area contributed by atoms with Crippen LogP contribution in [0.25, 0.3) is 32.1 Å². The quantitative estimate of drug-likeness (QED) is 0.458. The molecular weight excluding hydrogens is 364 g/mol. The second-order valence-electron chi connectivity index (χ2n) is 6.36. The summed E-state index contributed by atoms with van der Waals surface area (Å²) in [5.74, 6) is 0. The highest BCUT2D eigenvalue weighted by Crippen LogP contribution is 2.44. The third-order valence-corrected chi connectivity index (χ3v) is 6.34. The van der Waals surface area contributed by atoms with Crippen LogP contribution in [-0.4, -0.2) is 12.0 Å². The lowest BCUT2D eigenvalue weighted by molar-refractivity contribution is 1.14. The number of rotatable bonds is 3. The van der Waals surface area contributed by atoms with Crippen molar-refractivity contribution in [3.05, 3.63) is 62.2 Å². The van der Waals surface area contributed by atoms with Crippen molar-refractivity contribution < 1.29 is 0 Å². The lowest BCUT2D eigenvalue weighted by Crippen LogP contribution is -2.07. The molecule has 2 aromatic carbocycles. The van der Waals surface area contributed by atoms with Crippen molar-refractivity contribution in [3.63, 3.8) is 0 Å². The monoisotopic (exact) mass is 382 g/mol. The van der Waals surface area contributed by atoms with E-state index in [-0.39, 0.29) is 5.56 Å². The third-order valence-electron chi connectivity index (χ3n) is 4.95. The minimum Gasteiger partial charge on any atom is -0.386 e. The molecule has 132 valence electrons. The number of H-pyrrole nitrogens is 1. The summed E-state index contributed by atoms with van der Waals surface area (Å²) >= 11 is 8.15. The number of aromatic amines is 1. The lowest BCUT2D eigenvalue weighted by atomic mass is 9.93. The first-order chi connectivity index (χ1) is 12.6. The smallest absolute Gasteiger partial charge is 0.266 e. The zero-order valence-electron chi connectivity index (χ0n) is 14.9. The molecule has 0 atom stereocenters. The van der Waals surface area contributed by atoms with Crippen molar-refractivity contribution in [2.45, 2.75) is 20.3 Å². The fraction of sp³-hybridized carbons (Fsp3) is 0.190. The van der Waals surface area contributed by atoms with Crippen LogP contribution in [0.15, 0.2) is 40.5 Å². The molecule has 0 fully saturated rings. The van der Waals surface area contributed by atoms with Gasteiger partial charge in [0.05, 0.1) is 16.2 Å². The van der Waals surface area contributed by atoms with Crippen molar-refractivity contribution >= 4 is 49.6 Å². The highest BCUT2D eigenvalue weighted by atomic mass is 35.5. The van der Waals surface area contributed by atoms with Crippen LogP contribution in [0.2, 0.25) is 5.02 Å². The zero-order valence-corrected chi connectivity index (χ0v) is 16.4. The summed E-state index contributed by atoms with van der Waals surface area (Å²) in [5, 5.41) is 7.89. The standard InChI is InChI=1S/C21H19ClN2OS/c1-4-12-5-7-13(8-6-12)15-16-14-9-10-26-20(14)21(25)24-18(16)11(2)17(22)19(15)23-3/h5-10,23H,4H2,1-3H3,(H,24,25). The summed E-state index contributed by atoms with van der Waals surface area (Å²) in [7, 11) is 1.88. The second kappa shape index (κ2) is 6.45. The predicted octanol–water partition coefficient (Wildman–Crippen LogP) is 5.98. The molecule has 26 heavy (non-hydrogen) atoms. The number of hydrogen-bond acceptors (Lipinski definition) is 3. The highest BCUT2D eigenvalue weighted by Gasteiger charge is 2.20. The molecule has 0 radical (unpaired) electrons. The average Bonchev–Trinajstić information content (AvgIpc) is 3.15. The van der Waals surface area contributed by atoms with Gasteiger partial charge in [-0.3, -0.25) is 4.79 Å². The summed E-state index contributed by atoms with van der Waals surface area (Å²) in [5.41, 5.74) is 5.91. The van der Waals surface area contributed by atoms with Crippen LogP contribution in [0.3, 0.4) is 0 Å². The Kier molecular flexibility index (Phi) is 4.25. The van der Waals surface area contributed by atoms with Gasteiger partial charge in [-0.1, -0.05) is 42.8 Å². The maximum atomic E-state index is 12.5. The minimum atomic E-state index is -0.0637. The predicted molar refractivity (Wildman–Crippen MR) is 114 cm³/mol. The Morgan fingerprint density at radius 2 is 1.92 bits per heavy atom. The third kappa shape index (κ3) is 2.44. The molecule has 2 N–H and O–H groups in total. The Morgan fingerprint density at radius 3 is 2.58 bits per heavy atom. The van der Waals surface area contributed by atoms with Crippen molar-refractivity contribution in [1.29, 1.82) is 0 Å². The average molecular weight is 383 g/mol. The molecule has 0 aliphatic carbocycles. The normalized spacial score (nSPS) is 11.4. The number of thiophene rings is 1. The molecule has 0 aliphatic heterocycles. The van der Waals surface area contributed by atoms with Gasteiger partial charge in [-0.2, -0.15) is 0 Å². The van der Waals surface area contributed by atoms with E-state index in [0.717, 1.165) is 49.8 Å². The molecule has 4 rings (SSSR count). The van der Waals surface area contributed by atoms with Crippen LogP contribution in [-0.2, 0) is 6.42 Å². The molecule has 0 bridgehead atoms. The summed E-state index contributed by atoms with van der Waals surface area (Å²) in [6, 6.07) is 10.6. The van der Waals surface area contributed by atoms with Crippen LogP contribution in [0.5, 0.6) is 0 Å². The molecule has 0 saturated carbocycles. The SMILES string of the molecule is CCc1ccc(-c2c(NC)c(Cl)c(C)c3[nH]c(=O)c4sccc4c23)cc1. The van der Waals surface area contributed by atoms with Crippen molar-refractivity contribution in [2.24, 2.45) is 0 Å². The molecule has 0 aliphatic rings. The number of anilines is 1. The summed E-state index contributed by atoms with van der Waals surface area (Å²) < 4.78 is 0.743. The number of pyridine rings is 1. The Hall–Kier alpha value is -2.30. The fourth-order valence-electron chi connectivity index (χ4n) is 3.55. The van der Waals surface area contributed by atoms with Gasteiger partial charge in [0, 0.05) is 23.4 Å². The summed E-state index contributed by atoms with van der Waals surface area (Å²) in [6.45, 7) is 4.09. The Labute approximate surface area is 160 Å². The van der Waals surface area contributed by atoms with Crippen LogP contribution in [0.4, 0.5) is 5.69 Å². The van der Waals surface area contributed by atoms with E-state index in [2.05, 4.69) is 41.5 Å². The van der Waals surface area contributed by atoms with Crippen molar-refractivity contribution in [2.75, 3.05) is 12.4 Å². The van der Waals surface area contributed by atoms with Crippen LogP contribution in [0, 0.1) is 6.92 Å². The van der Waals surface area contributed by atoms with E-state index in [0.29, 0.717) is 5.02 Å². The highest BCUT2D eigenvalue weighted by molar-refractivity contribution is 7.17. The maximum Gasteiger partial charge on any atom is 0.266 e. The lowest BCUT2D eigenvalue weighted by Gasteiger charge is -2.18. The molecule has 4 aromatic rings. The topological polar surface area (TPSA) is 44.9 Å². The Bertz CT molecular complexity index is 1190. The van der Waals surface area contributed by atoms with Gasteiger partial charge in [0.2, 0.25) is 0 Å². The molecule has 0 amide bonds. The van der Waals surface area contributed by atoms with E-state index in [4.69, 9.17) is 11.6 Å². The van der Waals surface area contributed by atoms with E-state index in [9.17, 15) is 4.79 Å². The van der Waals surface area contributed by atoms with E-state index in [1.165, 1.54) is 16.9 Å². The van der Waals surface area contributed by atoms with Crippen molar-refractivity contribution in [3.8, 4) is 11.1 Å². The number of fused-ring (bicyclic) bond motifs is 3. The number of aromatic nitrogens is 1. The van der Waals surface area contributed by atoms with Crippen LogP contribution < -0.4 is 10.9 Å². The van der Waals surface area contributed by atoms with E-state index in [1.54, 1.807) is 0 Å². The molecule has 5 heteroatoms. The minimum absolute atomic E-state index is 0.0637. The van der Waals surface area contributed by atoms with Gasteiger partial charge in [-0.25, -0.2) is 0 Å². The first-order valence-electron chi connectivity index (χ1n) is 8.59. The first-order valence-corrected chi connectivity index (χ1v) is 9.84. The Morgan fingerprint density at radius 1 is 1.19 bits per heavy atom. The fourth-order valence-corrected chi connectivity index (χ4v) is 4.63. The van der Waals surface area contributed by atoms with E-state index < -0.39 is 0 Å². The molecule has 2 aromatic heterocycles. The summed E-state index contributed by atoms with van der Waals surface area (Å²) in [4.78, 5) is 15.6. The molecule has 3 nitrogen and oxygen atoms in total. The Balaban J connectivity index is 2.23. The zero-order chi connectivity index (χ0) is 18.4. The number of hydrogen-bond donors (Lipinski definition) is 2. The molecule has 0 saturated heterocycles. The number of aryl methyl sites for hydroxylation is 2. The van der Waals surface area contributed by atoms with Gasteiger partial charge >= 0.3 is 0 Å². The second-order valence-corrected chi connectivity index (χ2v) is 7.65. The molecule has 2 heterocycles. The van der Waals surface area contributed by atoms with Gasteiger partial charge in [0.1, 0.15) is 4.70 Å². The molecule has 0 spiro atoms. The molecule has 0 unspecified atom stereocenters. The van der Waals surface area contributed by atoms with E-state index in [1.807, 2.05) is 25.4 Å². The van der Waals surface area contributed by atoms with Gasteiger partial charge < -0.3 is 10.3 Å². The van der Waals surface area contributed by atoms with Crippen molar-refractivity contribution in [1.82, 2.24) is 4.98 Å². The number of halogens is 1. The first kappa shape index (κ1) is 17.1. The number of nitrogens with one attached hydrogen (secondary N) is 2. The van der Waals surface area contributed by atoms with Crippen LogP contribution in [0.1, 0.15) is 18.1 Å². The van der Waals surface area contributed by atoms with E-state index >= 15 is 0 Å². The maximum absolute atomic E-state index is 12.5. The van der Waals surface area contributed by atoms with Gasteiger partial charge in [0.25, 0.3) is 5.56 Å². The van der Waals surface area contributed by atoms with Gasteiger partial charge in [0.15, 0.2) is 0 Å². The van der Waals surface area contributed by atoms with Gasteiger partial charge in [-0.15, -0.1) is 11.3 Å². The van der Waals surface area contributed by atoms with Gasteiger partial charge in [-0.05, 0) is 41.5 Å². The van der Waals surface area contributed by atoms with Crippen LogP contribution >= 0.6 is 22.9 Å². The largest absolute Gasteiger partial charge is 0.386 e. The molecular formula is C21H19ClN2OS. The summed E-state index contributed by atoms with van der Waals surface area (Å²) in [6.07, 6.45) is 0.997.